The molecule has 286 valence electrons. The van der Waals surface area contributed by atoms with Crippen LogP contribution in [0.5, 0.6) is 11.5 Å². The van der Waals surface area contributed by atoms with Crippen molar-refractivity contribution < 1.29 is 9.84 Å². The average molecular weight is 728 g/mol. The molecule has 0 unspecified atom stereocenters. The van der Waals surface area contributed by atoms with Gasteiger partial charge in [-0.15, -0.1) is 0 Å². The first-order valence-corrected chi connectivity index (χ1v) is 19.4. The smallest absolute Gasteiger partial charge is 0.138 e. The van der Waals surface area contributed by atoms with Gasteiger partial charge in [0.1, 0.15) is 23.1 Å². The second-order valence-electron chi connectivity index (χ2n) is 19.5. The third-order valence-corrected chi connectivity index (χ3v) is 10.3. The average Bonchev–Trinajstić information content (AvgIpc) is 3.68. The highest BCUT2D eigenvalue weighted by Crippen LogP contribution is 2.44. The van der Waals surface area contributed by atoms with E-state index in [0.29, 0.717) is 12.4 Å². The van der Waals surface area contributed by atoms with Crippen LogP contribution in [0.3, 0.4) is 0 Å². The summed E-state index contributed by atoms with van der Waals surface area (Å²) in [7, 11) is 4.20. The molecule has 0 aliphatic heterocycles. The first-order valence-electron chi connectivity index (χ1n) is 19.4. The van der Waals surface area contributed by atoms with Crippen molar-refractivity contribution in [3.05, 3.63) is 82.9 Å². The van der Waals surface area contributed by atoms with Gasteiger partial charge >= 0.3 is 0 Å². The molecule has 0 radical (unpaired) electrons. The van der Waals surface area contributed by atoms with Gasteiger partial charge in [-0.25, -0.2) is 9.97 Å². The van der Waals surface area contributed by atoms with Crippen molar-refractivity contribution in [2.45, 2.75) is 111 Å². The fraction of sp³-hybridized carbons (Fsp3) is 0.447. The number of phenols is 1. The van der Waals surface area contributed by atoms with Crippen LogP contribution in [0, 0.1) is 0 Å². The fourth-order valence-electron chi connectivity index (χ4n) is 7.16. The number of nitrogens with zero attached hydrogens (tertiary/aromatic N) is 3. The summed E-state index contributed by atoms with van der Waals surface area (Å²) in [6, 6.07) is 21.5. The number of phenolic OH excluding ortho intramolecular Hbond substituents is 1. The molecule has 0 saturated carbocycles. The standard InChI is InChI=1S/C47H61N5O2/c1-44(2,3)32-22-30(23-33(40(32)53)45(4,5)6)42-48-36-18-16-28(26-38(36)50-42)29-17-19-37-39(27-29)51-43(49-37)31-24-34(46(7,8)9)41(35(25-31)47(10,11)12)54-21-15-20-52(13)14/h16-19,22-27,53H,15,20-21H2,1-14H3,(H,48,50)(H,49,51). The minimum absolute atomic E-state index is 0.122. The first kappa shape index (κ1) is 39.1. The predicted octanol–water partition coefficient (Wildman–Crippen LogP) is 11.7. The van der Waals surface area contributed by atoms with E-state index in [1.807, 2.05) is 0 Å². The summed E-state index contributed by atoms with van der Waals surface area (Å²) in [5.74, 6) is 3.02. The Morgan fingerprint density at radius 2 is 0.944 bits per heavy atom. The molecule has 2 aromatic heterocycles. The van der Waals surface area contributed by atoms with E-state index in [4.69, 9.17) is 14.7 Å². The number of H-pyrrole nitrogens is 2. The van der Waals surface area contributed by atoms with Gasteiger partial charge in [0.15, 0.2) is 0 Å². The van der Waals surface area contributed by atoms with E-state index < -0.39 is 0 Å². The SMILES string of the molecule is CN(C)CCCOc1c(C(C)(C)C)cc(-c2nc3ccc(-c4ccc5nc(-c6cc(C(C)(C)C)c(O)c(C(C)(C)C)c6)[nH]c5c4)cc3[nH]2)cc1C(C)(C)C. The summed E-state index contributed by atoms with van der Waals surface area (Å²) in [4.78, 5) is 19.6. The Morgan fingerprint density at radius 1 is 0.556 bits per heavy atom. The Bertz CT molecular complexity index is 2240. The van der Waals surface area contributed by atoms with Crippen LogP contribution in [0.25, 0.3) is 56.0 Å². The maximum atomic E-state index is 11.3. The molecule has 0 spiro atoms. The van der Waals surface area contributed by atoms with Gasteiger partial charge in [0.2, 0.25) is 0 Å². The summed E-state index contributed by atoms with van der Waals surface area (Å²) >= 11 is 0. The summed E-state index contributed by atoms with van der Waals surface area (Å²) < 4.78 is 6.61. The molecule has 0 aliphatic carbocycles. The number of hydrogen-bond acceptors (Lipinski definition) is 5. The van der Waals surface area contributed by atoms with Gasteiger partial charge in [0.25, 0.3) is 0 Å². The van der Waals surface area contributed by atoms with Crippen LogP contribution in [-0.2, 0) is 21.7 Å². The van der Waals surface area contributed by atoms with Gasteiger partial charge in [-0.05, 0) is 102 Å². The van der Waals surface area contributed by atoms with Crippen molar-refractivity contribution in [2.75, 3.05) is 27.2 Å². The van der Waals surface area contributed by atoms with Gasteiger partial charge in [-0.3, -0.25) is 0 Å². The molecule has 0 atom stereocenters. The lowest BCUT2D eigenvalue weighted by atomic mass is 9.78. The maximum Gasteiger partial charge on any atom is 0.138 e. The summed E-state index contributed by atoms with van der Waals surface area (Å²) in [6.45, 7) is 28.0. The van der Waals surface area contributed by atoms with Gasteiger partial charge in [-0.2, -0.15) is 0 Å². The monoisotopic (exact) mass is 727 g/mol. The quantitative estimate of drug-likeness (QED) is 0.136. The van der Waals surface area contributed by atoms with Crippen LogP contribution in [-0.4, -0.2) is 57.2 Å². The summed E-state index contributed by atoms with van der Waals surface area (Å²) in [5, 5.41) is 11.3. The zero-order valence-electron chi connectivity index (χ0n) is 35.1. The zero-order valence-corrected chi connectivity index (χ0v) is 35.1. The van der Waals surface area contributed by atoms with E-state index >= 15 is 0 Å². The molecular formula is C47H61N5O2. The molecule has 0 bridgehead atoms. The van der Waals surface area contributed by atoms with E-state index in [2.05, 4.69) is 173 Å². The van der Waals surface area contributed by atoms with Crippen molar-refractivity contribution in [1.29, 1.82) is 0 Å². The Labute approximate surface area is 322 Å². The normalized spacial score (nSPS) is 13.1. The van der Waals surface area contributed by atoms with Crippen molar-refractivity contribution in [1.82, 2.24) is 24.8 Å². The van der Waals surface area contributed by atoms with Crippen LogP contribution in [0.1, 0.15) is 112 Å². The van der Waals surface area contributed by atoms with E-state index in [9.17, 15) is 5.11 Å². The Balaban J connectivity index is 1.37. The first-order chi connectivity index (χ1) is 25.0. The molecule has 6 aromatic rings. The Morgan fingerprint density at radius 3 is 1.31 bits per heavy atom. The van der Waals surface area contributed by atoms with Crippen molar-refractivity contribution in [2.24, 2.45) is 0 Å². The molecule has 6 rings (SSSR count). The van der Waals surface area contributed by atoms with Gasteiger partial charge < -0.3 is 24.7 Å². The van der Waals surface area contributed by atoms with E-state index in [0.717, 1.165) is 85.8 Å². The molecular weight excluding hydrogens is 667 g/mol. The number of benzene rings is 4. The molecule has 4 aromatic carbocycles. The lowest BCUT2D eigenvalue weighted by Gasteiger charge is -2.30. The van der Waals surface area contributed by atoms with E-state index in [1.165, 1.54) is 11.1 Å². The predicted molar refractivity (Wildman–Crippen MR) is 227 cm³/mol. The molecule has 0 saturated heterocycles. The van der Waals surface area contributed by atoms with Gasteiger partial charge in [0, 0.05) is 39.9 Å². The molecule has 0 fully saturated rings. The highest BCUT2D eigenvalue weighted by atomic mass is 16.5. The number of rotatable bonds is 8. The maximum absolute atomic E-state index is 11.3. The highest BCUT2D eigenvalue weighted by Gasteiger charge is 2.30. The van der Waals surface area contributed by atoms with Crippen LogP contribution in [0.15, 0.2) is 60.7 Å². The fourth-order valence-corrected chi connectivity index (χ4v) is 7.16. The lowest BCUT2D eigenvalue weighted by Crippen LogP contribution is -2.21. The largest absolute Gasteiger partial charge is 0.507 e. The van der Waals surface area contributed by atoms with E-state index in [1.54, 1.807) is 0 Å². The summed E-state index contributed by atoms with van der Waals surface area (Å²) in [5.41, 5.74) is 11.5. The van der Waals surface area contributed by atoms with Gasteiger partial charge in [-0.1, -0.05) is 95.2 Å². The molecule has 7 heteroatoms. The zero-order chi connectivity index (χ0) is 39.5. The number of imidazole rings is 2. The van der Waals surface area contributed by atoms with E-state index in [-0.39, 0.29) is 21.7 Å². The topological polar surface area (TPSA) is 90.1 Å². The Kier molecular flexibility index (Phi) is 10.1. The van der Waals surface area contributed by atoms with Crippen LogP contribution < -0.4 is 4.74 Å². The molecule has 54 heavy (non-hydrogen) atoms. The molecule has 0 amide bonds. The number of nitrogens with one attached hydrogen (secondary N) is 2. The lowest BCUT2D eigenvalue weighted by molar-refractivity contribution is 0.270. The highest BCUT2D eigenvalue weighted by molar-refractivity contribution is 5.89. The Hall–Kier alpha value is -4.62. The number of hydrogen-bond donors (Lipinski definition) is 3. The number of aromatic hydroxyl groups is 1. The third-order valence-electron chi connectivity index (χ3n) is 10.3. The second kappa shape index (κ2) is 13.9. The van der Waals surface area contributed by atoms with Crippen molar-refractivity contribution >= 4 is 22.1 Å². The number of fused-ring (bicyclic) bond motifs is 2. The molecule has 7 nitrogen and oxygen atoms in total. The second-order valence-corrected chi connectivity index (χ2v) is 19.5. The summed E-state index contributed by atoms with van der Waals surface area (Å²) in [6.07, 6.45) is 0.970. The molecule has 0 aliphatic rings. The van der Waals surface area contributed by atoms with Crippen LogP contribution in [0.2, 0.25) is 0 Å². The van der Waals surface area contributed by atoms with Crippen LogP contribution in [0.4, 0.5) is 0 Å². The number of aromatic amines is 2. The molecule has 3 N–H and O–H groups in total. The van der Waals surface area contributed by atoms with Crippen molar-refractivity contribution in [3.63, 3.8) is 0 Å². The van der Waals surface area contributed by atoms with Crippen molar-refractivity contribution in [3.8, 4) is 45.4 Å². The van der Waals surface area contributed by atoms with Crippen LogP contribution >= 0.6 is 0 Å². The minimum atomic E-state index is -0.224. The number of ether oxygens (including phenoxy) is 1. The minimum Gasteiger partial charge on any atom is -0.507 e. The number of aromatic nitrogens is 4. The third kappa shape index (κ3) is 8.07. The van der Waals surface area contributed by atoms with Gasteiger partial charge in [0.05, 0.1) is 28.7 Å². The molecule has 2 heterocycles.